The number of benzene rings is 2. The van der Waals surface area contributed by atoms with Crippen molar-refractivity contribution in [1.82, 2.24) is 9.80 Å². The number of likely N-dealkylation sites (N-methyl/N-ethyl adjacent to an activating group) is 1. The molecule has 1 aliphatic carbocycles. The molecule has 3 rings (SSSR count). The molecule has 0 aliphatic heterocycles. The number of ether oxygens (including phenoxy) is 2. The zero-order valence-corrected chi connectivity index (χ0v) is 23.5. The third kappa shape index (κ3) is 6.81. The maximum absolute atomic E-state index is 13.9. The maximum atomic E-state index is 13.9. The zero-order valence-electron chi connectivity index (χ0n) is 23.5. The van der Waals surface area contributed by atoms with Crippen molar-refractivity contribution in [3.05, 3.63) is 59.2 Å². The lowest BCUT2D eigenvalue weighted by Gasteiger charge is -2.50. The SMILES string of the molecule is CCOc1cc([C@@H](C)N(CCCCc2ccccc2)C(=O)N(C)C2(C(=O)O)CC(F)(F)C2)cc(OCC)c1C. The number of carbonyl (C=O) groups excluding carboxylic acids is 1. The van der Waals surface area contributed by atoms with Crippen LogP contribution in [-0.2, 0) is 11.2 Å². The molecule has 1 atom stereocenters. The minimum Gasteiger partial charge on any atom is -0.493 e. The predicted octanol–water partition coefficient (Wildman–Crippen LogP) is 6.48. The summed E-state index contributed by atoms with van der Waals surface area (Å²) in [5, 5.41) is 9.86. The van der Waals surface area contributed by atoms with E-state index in [2.05, 4.69) is 0 Å². The van der Waals surface area contributed by atoms with E-state index in [9.17, 15) is 23.5 Å². The Bertz CT molecular complexity index is 1110. The van der Waals surface area contributed by atoms with Crippen LogP contribution in [-0.4, -0.2) is 65.2 Å². The van der Waals surface area contributed by atoms with Gasteiger partial charge >= 0.3 is 12.0 Å². The van der Waals surface area contributed by atoms with E-state index in [1.165, 1.54) is 12.6 Å². The van der Waals surface area contributed by atoms with Crippen molar-refractivity contribution in [3.8, 4) is 11.5 Å². The smallest absolute Gasteiger partial charge is 0.330 e. The molecule has 1 fully saturated rings. The van der Waals surface area contributed by atoms with E-state index in [-0.39, 0.29) is 0 Å². The van der Waals surface area contributed by atoms with Crippen LogP contribution in [0, 0.1) is 6.92 Å². The second kappa shape index (κ2) is 12.7. The van der Waals surface area contributed by atoms with Gasteiger partial charge in [0, 0.05) is 32.0 Å². The van der Waals surface area contributed by atoms with Gasteiger partial charge in [-0.05, 0) is 70.2 Å². The van der Waals surface area contributed by atoms with Crippen molar-refractivity contribution in [3.63, 3.8) is 0 Å². The second-order valence-corrected chi connectivity index (χ2v) is 10.2. The minimum atomic E-state index is -3.12. The number of urea groups is 1. The number of aryl methyl sites for hydroxylation is 1. The highest BCUT2D eigenvalue weighted by atomic mass is 19.3. The van der Waals surface area contributed by atoms with Gasteiger partial charge in [-0.15, -0.1) is 0 Å². The van der Waals surface area contributed by atoms with Gasteiger partial charge in [0.25, 0.3) is 5.92 Å². The first-order chi connectivity index (χ1) is 18.5. The summed E-state index contributed by atoms with van der Waals surface area (Å²) in [5.74, 6) is -3.27. The second-order valence-electron chi connectivity index (χ2n) is 10.2. The zero-order chi connectivity index (χ0) is 28.8. The lowest BCUT2D eigenvalue weighted by Crippen LogP contribution is -2.68. The highest BCUT2D eigenvalue weighted by molar-refractivity contribution is 5.87. The number of carboxylic acid groups (broad SMARTS) is 1. The van der Waals surface area contributed by atoms with Gasteiger partial charge in [0.1, 0.15) is 11.5 Å². The van der Waals surface area contributed by atoms with Crippen LogP contribution in [0.25, 0.3) is 0 Å². The van der Waals surface area contributed by atoms with Crippen molar-refractivity contribution < 1.29 is 33.0 Å². The summed E-state index contributed by atoms with van der Waals surface area (Å²) in [6, 6.07) is 12.6. The number of unbranched alkanes of at least 4 members (excludes halogenated alkanes) is 1. The summed E-state index contributed by atoms with van der Waals surface area (Å²) in [6.07, 6.45) is 0.473. The number of alkyl halides is 2. The van der Waals surface area contributed by atoms with Gasteiger partial charge in [0.15, 0.2) is 5.54 Å². The van der Waals surface area contributed by atoms with Crippen LogP contribution in [0.2, 0.25) is 0 Å². The first kappa shape index (κ1) is 30.2. The van der Waals surface area contributed by atoms with Gasteiger partial charge in [-0.3, -0.25) is 0 Å². The number of halogens is 2. The molecule has 39 heavy (non-hydrogen) atoms. The number of carboxylic acids is 1. The fourth-order valence-corrected chi connectivity index (χ4v) is 5.14. The largest absolute Gasteiger partial charge is 0.493 e. The fourth-order valence-electron chi connectivity index (χ4n) is 5.14. The Hall–Kier alpha value is -3.36. The van der Waals surface area contributed by atoms with Crippen LogP contribution in [0.1, 0.15) is 69.2 Å². The highest BCUT2D eigenvalue weighted by Crippen LogP contribution is 2.49. The number of hydrogen-bond donors (Lipinski definition) is 1. The van der Waals surface area contributed by atoms with Crippen LogP contribution in [0.3, 0.4) is 0 Å². The Morgan fingerprint density at radius 2 is 1.59 bits per heavy atom. The molecule has 0 aromatic heterocycles. The maximum Gasteiger partial charge on any atom is 0.330 e. The molecule has 7 nitrogen and oxygen atoms in total. The molecular formula is C30H40F2N2O5. The number of hydrogen-bond acceptors (Lipinski definition) is 4. The molecular weight excluding hydrogens is 506 g/mol. The van der Waals surface area contributed by atoms with Crippen LogP contribution in [0.4, 0.5) is 13.6 Å². The Labute approximate surface area is 229 Å². The number of nitrogens with zero attached hydrogens (tertiary/aromatic N) is 2. The van der Waals surface area contributed by atoms with E-state index >= 15 is 0 Å². The predicted molar refractivity (Wildman–Crippen MR) is 146 cm³/mol. The molecule has 0 heterocycles. The first-order valence-corrected chi connectivity index (χ1v) is 13.6. The van der Waals surface area contributed by atoms with Crippen LogP contribution >= 0.6 is 0 Å². The Kier molecular flexibility index (Phi) is 9.80. The van der Waals surface area contributed by atoms with E-state index < -0.39 is 42.3 Å². The van der Waals surface area contributed by atoms with Crippen LogP contribution < -0.4 is 9.47 Å². The summed E-state index contributed by atoms with van der Waals surface area (Å²) in [7, 11) is 1.31. The van der Waals surface area contributed by atoms with Gasteiger partial charge in [-0.2, -0.15) is 0 Å². The molecule has 0 saturated heterocycles. The lowest BCUT2D eigenvalue weighted by molar-refractivity contribution is -0.192. The molecule has 0 bridgehead atoms. The third-order valence-corrected chi connectivity index (χ3v) is 7.52. The standard InChI is InChI=1S/C30H40F2N2O5/c1-6-38-25-17-24(18-26(21(25)3)39-7-2)22(4)34(16-12-11-15-23-13-9-8-10-14-23)28(37)33(5)29(27(35)36)19-30(31,32)20-29/h8-10,13-14,17-18,22H,6-7,11-12,15-16,19-20H2,1-5H3,(H,35,36)/t22-/m1/s1. The number of amides is 2. The van der Waals surface area contributed by atoms with Crippen LogP contribution in [0.5, 0.6) is 11.5 Å². The van der Waals surface area contributed by atoms with E-state index in [1.807, 2.05) is 70.2 Å². The van der Waals surface area contributed by atoms with Gasteiger partial charge in [-0.1, -0.05) is 30.3 Å². The fraction of sp³-hybridized carbons (Fsp3) is 0.533. The monoisotopic (exact) mass is 546 g/mol. The molecule has 0 radical (unpaired) electrons. The normalized spacial score (nSPS) is 16.1. The molecule has 0 unspecified atom stereocenters. The van der Waals surface area contributed by atoms with Gasteiger partial charge in [-0.25, -0.2) is 18.4 Å². The Morgan fingerprint density at radius 1 is 1.03 bits per heavy atom. The van der Waals surface area contributed by atoms with Gasteiger partial charge < -0.3 is 24.4 Å². The van der Waals surface area contributed by atoms with Crippen LogP contribution in [0.15, 0.2) is 42.5 Å². The van der Waals surface area contributed by atoms with Gasteiger partial charge in [0.05, 0.1) is 19.3 Å². The average Bonchev–Trinajstić information content (AvgIpc) is 2.88. The topological polar surface area (TPSA) is 79.3 Å². The minimum absolute atomic E-state index is 0.324. The Balaban J connectivity index is 1.90. The van der Waals surface area contributed by atoms with E-state index in [0.29, 0.717) is 37.7 Å². The molecule has 1 N–H and O–H groups in total. The summed E-state index contributed by atoms with van der Waals surface area (Å²) < 4.78 is 39.4. The molecule has 2 amide bonds. The van der Waals surface area contributed by atoms with Crippen molar-refractivity contribution in [1.29, 1.82) is 0 Å². The molecule has 214 valence electrons. The van der Waals surface area contributed by atoms with E-state index in [1.54, 1.807) is 4.90 Å². The van der Waals surface area contributed by atoms with Crippen molar-refractivity contribution in [2.75, 3.05) is 26.8 Å². The molecule has 2 aromatic carbocycles. The number of aliphatic carboxylic acids is 1. The molecule has 1 saturated carbocycles. The first-order valence-electron chi connectivity index (χ1n) is 13.6. The van der Waals surface area contributed by atoms with Crippen molar-refractivity contribution >= 4 is 12.0 Å². The lowest BCUT2D eigenvalue weighted by atomic mass is 9.72. The highest BCUT2D eigenvalue weighted by Gasteiger charge is 2.65. The van der Waals surface area contributed by atoms with E-state index in [0.717, 1.165) is 28.9 Å². The summed E-state index contributed by atoms with van der Waals surface area (Å²) in [6.45, 7) is 8.74. The summed E-state index contributed by atoms with van der Waals surface area (Å²) >= 11 is 0. The molecule has 1 aliphatic rings. The number of rotatable bonds is 13. The summed E-state index contributed by atoms with van der Waals surface area (Å²) in [5.41, 5.74) is 0.834. The van der Waals surface area contributed by atoms with Crippen molar-refractivity contribution in [2.45, 2.75) is 77.3 Å². The summed E-state index contributed by atoms with van der Waals surface area (Å²) in [4.78, 5) is 28.5. The van der Waals surface area contributed by atoms with Gasteiger partial charge in [0.2, 0.25) is 0 Å². The van der Waals surface area contributed by atoms with E-state index in [4.69, 9.17) is 9.47 Å². The molecule has 0 spiro atoms. The molecule has 9 heteroatoms. The van der Waals surface area contributed by atoms with Crippen molar-refractivity contribution in [2.24, 2.45) is 0 Å². The third-order valence-electron chi connectivity index (χ3n) is 7.52. The average molecular weight is 547 g/mol. The quantitative estimate of drug-likeness (QED) is 0.291. The number of carbonyl (C=O) groups is 2. The molecule has 2 aromatic rings. The Morgan fingerprint density at radius 3 is 2.08 bits per heavy atom.